The van der Waals surface area contributed by atoms with Gasteiger partial charge in [-0.3, -0.25) is 9.59 Å². The SMILES string of the molecule is CC(C)CCCC(C)N1CCC(=O)CC1=O. The van der Waals surface area contributed by atoms with Gasteiger partial charge in [-0.25, -0.2) is 0 Å². The van der Waals surface area contributed by atoms with Gasteiger partial charge < -0.3 is 4.90 Å². The first kappa shape index (κ1) is 13.2. The molecule has 0 bridgehead atoms. The monoisotopic (exact) mass is 225 g/mol. The molecule has 92 valence electrons. The molecular formula is C13H23NO2. The van der Waals surface area contributed by atoms with Crippen molar-refractivity contribution in [1.29, 1.82) is 0 Å². The molecule has 0 aromatic carbocycles. The average molecular weight is 225 g/mol. The molecule has 0 aliphatic carbocycles. The molecule has 1 atom stereocenters. The fourth-order valence-corrected chi connectivity index (χ4v) is 2.17. The number of amides is 1. The van der Waals surface area contributed by atoms with E-state index < -0.39 is 0 Å². The predicted octanol–water partition coefficient (Wildman–Crippen LogP) is 2.39. The number of carbonyl (C=O) groups is 2. The fraction of sp³-hybridized carbons (Fsp3) is 0.846. The number of ketones is 1. The van der Waals surface area contributed by atoms with E-state index in [0.29, 0.717) is 19.0 Å². The summed E-state index contributed by atoms with van der Waals surface area (Å²) in [5, 5.41) is 0. The molecule has 1 amide bonds. The van der Waals surface area contributed by atoms with E-state index in [4.69, 9.17) is 0 Å². The number of carbonyl (C=O) groups excluding carboxylic acids is 2. The molecule has 1 rings (SSSR count). The molecule has 1 unspecified atom stereocenters. The molecule has 16 heavy (non-hydrogen) atoms. The van der Waals surface area contributed by atoms with Gasteiger partial charge in [-0.1, -0.05) is 26.7 Å². The van der Waals surface area contributed by atoms with Crippen LogP contribution in [0.3, 0.4) is 0 Å². The van der Waals surface area contributed by atoms with Gasteiger partial charge in [-0.15, -0.1) is 0 Å². The van der Waals surface area contributed by atoms with Gasteiger partial charge in [-0.2, -0.15) is 0 Å². The van der Waals surface area contributed by atoms with Gasteiger partial charge in [0.15, 0.2) is 0 Å². The standard InChI is InChI=1S/C13H23NO2/c1-10(2)5-4-6-11(3)14-8-7-12(15)9-13(14)16/h10-11H,4-9H2,1-3H3. The summed E-state index contributed by atoms with van der Waals surface area (Å²) < 4.78 is 0. The van der Waals surface area contributed by atoms with E-state index in [1.807, 2.05) is 4.90 Å². The molecule has 0 radical (unpaired) electrons. The summed E-state index contributed by atoms with van der Waals surface area (Å²) in [4.78, 5) is 24.6. The van der Waals surface area contributed by atoms with Crippen molar-refractivity contribution in [2.24, 2.45) is 5.92 Å². The topological polar surface area (TPSA) is 37.4 Å². The highest BCUT2D eigenvalue weighted by atomic mass is 16.2. The number of rotatable bonds is 5. The third kappa shape index (κ3) is 3.95. The number of Topliss-reactive ketones (excluding diaryl/α,β-unsaturated/α-hetero) is 1. The maximum Gasteiger partial charge on any atom is 0.230 e. The van der Waals surface area contributed by atoms with Crippen molar-refractivity contribution >= 4 is 11.7 Å². The van der Waals surface area contributed by atoms with E-state index >= 15 is 0 Å². The second-order valence-corrected chi connectivity index (χ2v) is 5.23. The van der Waals surface area contributed by atoms with Crippen LogP contribution < -0.4 is 0 Å². The molecule has 1 aliphatic heterocycles. The molecule has 0 aromatic heterocycles. The van der Waals surface area contributed by atoms with Crippen molar-refractivity contribution in [3.63, 3.8) is 0 Å². The molecular weight excluding hydrogens is 202 g/mol. The third-order valence-corrected chi connectivity index (χ3v) is 3.24. The molecule has 3 heteroatoms. The van der Waals surface area contributed by atoms with Gasteiger partial charge >= 0.3 is 0 Å². The average Bonchev–Trinajstić information content (AvgIpc) is 2.16. The Morgan fingerprint density at radius 1 is 1.19 bits per heavy atom. The Kier molecular flexibility index (Phi) is 4.97. The molecule has 0 saturated carbocycles. The Labute approximate surface area is 98.2 Å². The summed E-state index contributed by atoms with van der Waals surface area (Å²) >= 11 is 0. The lowest BCUT2D eigenvalue weighted by Crippen LogP contribution is -2.44. The minimum atomic E-state index is 0.0216. The summed E-state index contributed by atoms with van der Waals surface area (Å²) in [5.74, 6) is 0.842. The van der Waals surface area contributed by atoms with Crippen LogP contribution in [0.2, 0.25) is 0 Å². The summed E-state index contributed by atoms with van der Waals surface area (Å²) in [6.07, 6.45) is 4.09. The Bertz CT molecular complexity index is 261. The van der Waals surface area contributed by atoms with Gasteiger partial charge in [0.25, 0.3) is 0 Å². The third-order valence-electron chi connectivity index (χ3n) is 3.24. The van der Waals surface area contributed by atoms with Crippen LogP contribution in [0, 0.1) is 5.92 Å². The first-order valence-electron chi connectivity index (χ1n) is 6.32. The molecule has 1 saturated heterocycles. The molecule has 0 N–H and O–H groups in total. The van der Waals surface area contributed by atoms with Gasteiger partial charge in [0.2, 0.25) is 5.91 Å². The van der Waals surface area contributed by atoms with Crippen molar-refractivity contribution in [2.75, 3.05) is 6.54 Å². The molecule has 1 fully saturated rings. The van der Waals surface area contributed by atoms with E-state index in [0.717, 1.165) is 18.8 Å². The molecule has 1 heterocycles. The maximum atomic E-state index is 11.6. The summed E-state index contributed by atoms with van der Waals surface area (Å²) in [7, 11) is 0. The Morgan fingerprint density at radius 3 is 2.44 bits per heavy atom. The molecule has 1 aliphatic rings. The van der Waals surface area contributed by atoms with E-state index in [2.05, 4.69) is 20.8 Å². The second kappa shape index (κ2) is 6.02. The van der Waals surface area contributed by atoms with Crippen molar-refractivity contribution in [1.82, 2.24) is 4.90 Å². The number of hydrogen-bond donors (Lipinski definition) is 0. The summed E-state index contributed by atoms with van der Waals surface area (Å²) in [5.41, 5.74) is 0. The van der Waals surface area contributed by atoms with E-state index in [-0.39, 0.29) is 18.1 Å². The highest BCUT2D eigenvalue weighted by Crippen LogP contribution is 2.16. The second-order valence-electron chi connectivity index (χ2n) is 5.23. The normalized spacial score (nSPS) is 19.4. The fourth-order valence-electron chi connectivity index (χ4n) is 2.17. The van der Waals surface area contributed by atoms with Crippen LogP contribution in [0.5, 0.6) is 0 Å². The van der Waals surface area contributed by atoms with Crippen molar-refractivity contribution in [2.45, 2.75) is 58.9 Å². The first-order valence-corrected chi connectivity index (χ1v) is 6.32. The van der Waals surface area contributed by atoms with Crippen molar-refractivity contribution in [3.05, 3.63) is 0 Å². The minimum Gasteiger partial charge on any atom is -0.339 e. The Morgan fingerprint density at radius 2 is 1.88 bits per heavy atom. The van der Waals surface area contributed by atoms with Crippen molar-refractivity contribution in [3.8, 4) is 0 Å². The summed E-state index contributed by atoms with van der Waals surface area (Å²) in [6, 6.07) is 0.291. The quantitative estimate of drug-likeness (QED) is 0.674. The van der Waals surface area contributed by atoms with Crippen LogP contribution in [0.25, 0.3) is 0 Å². The largest absolute Gasteiger partial charge is 0.339 e. The van der Waals surface area contributed by atoms with Gasteiger partial charge in [0, 0.05) is 19.0 Å². The van der Waals surface area contributed by atoms with Crippen LogP contribution in [0.1, 0.15) is 52.9 Å². The lowest BCUT2D eigenvalue weighted by atomic mass is 10.0. The van der Waals surface area contributed by atoms with Crippen molar-refractivity contribution < 1.29 is 9.59 Å². The predicted molar refractivity (Wildman–Crippen MR) is 64.1 cm³/mol. The van der Waals surface area contributed by atoms with E-state index in [1.165, 1.54) is 6.42 Å². The zero-order valence-electron chi connectivity index (χ0n) is 10.7. The van der Waals surface area contributed by atoms with Crippen LogP contribution in [0.4, 0.5) is 0 Å². The highest BCUT2D eigenvalue weighted by Gasteiger charge is 2.26. The Hall–Kier alpha value is -0.860. The summed E-state index contributed by atoms with van der Waals surface area (Å²) in [6.45, 7) is 7.15. The maximum absolute atomic E-state index is 11.6. The first-order chi connectivity index (χ1) is 7.50. The Balaban J connectivity index is 2.33. The number of piperidine rings is 1. The minimum absolute atomic E-state index is 0.0216. The van der Waals surface area contributed by atoms with Gasteiger partial charge in [0.05, 0.1) is 6.42 Å². The molecule has 3 nitrogen and oxygen atoms in total. The van der Waals surface area contributed by atoms with Gasteiger partial charge in [-0.05, 0) is 19.3 Å². The number of likely N-dealkylation sites (tertiary alicyclic amines) is 1. The number of hydrogen-bond acceptors (Lipinski definition) is 2. The molecule has 0 aromatic rings. The lowest BCUT2D eigenvalue weighted by molar-refractivity contribution is -0.141. The highest BCUT2D eigenvalue weighted by molar-refractivity contribution is 6.00. The van der Waals surface area contributed by atoms with Crippen LogP contribution in [-0.2, 0) is 9.59 Å². The zero-order valence-corrected chi connectivity index (χ0v) is 10.7. The van der Waals surface area contributed by atoms with Gasteiger partial charge in [0.1, 0.15) is 5.78 Å². The number of nitrogens with zero attached hydrogens (tertiary/aromatic N) is 1. The van der Waals surface area contributed by atoms with E-state index in [9.17, 15) is 9.59 Å². The van der Waals surface area contributed by atoms with Crippen LogP contribution >= 0.6 is 0 Å². The molecule has 0 spiro atoms. The van der Waals surface area contributed by atoms with Crippen LogP contribution in [0.15, 0.2) is 0 Å². The van der Waals surface area contributed by atoms with Crippen LogP contribution in [-0.4, -0.2) is 29.2 Å². The zero-order chi connectivity index (χ0) is 12.1. The smallest absolute Gasteiger partial charge is 0.230 e. The lowest BCUT2D eigenvalue weighted by Gasteiger charge is -2.32. The van der Waals surface area contributed by atoms with E-state index in [1.54, 1.807) is 0 Å².